The zero-order chi connectivity index (χ0) is 52.6. The number of hydrogen-bond acceptors (Lipinski definition) is 3. The van der Waals surface area contributed by atoms with E-state index >= 15 is 0 Å². The molecule has 2 heterocycles. The topological polar surface area (TPSA) is 50.9 Å². The van der Waals surface area contributed by atoms with Gasteiger partial charge in [-0.2, -0.15) is 0 Å². The van der Waals surface area contributed by atoms with Crippen LogP contribution in [0.5, 0.6) is 5.75 Å². The number of fused-ring (bicyclic) bond motifs is 1. The minimum Gasteiger partial charge on any atom is -0.507 e. The van der Waals surface area contributed by atoms with Crippen LogP contribution in [0.2, 0.25) is 0 Å². The molecule has 0 atom stereocenters. The molecule has 9 rings (SSSR count). The van der Waals surface area contributed by atoms with Crippen LogP contribution in [0.3, 0.4) is 0 Å². The lowest BCUT2D eigenvalue weighted by Crippen LogP contribution is -2.11. The van der Waals surface area contributed by atoms with E-state index in [0.29, 0.717) is 22.5 Å². The Morgan fingerprint density at radius 3 is 1.70 bits per heavy atom. The summed E-state index contributed by atoms with van der Waals surface area (Å²) in [4.78, 5) is 10.7. The highest BCUT2D eigenvalue weighted by molar-refractivity contribution is 5.98. The van der Waals surface area contributed by atoms with Crippen molar-refractivity contribution in [3.8, 4) is 78.6 Å². The fraction of sp³-hybridized carbons (Fsp3) is 0.284. The number of phenolic OH excluding ortho intramolecular Hbond substituents is 1. The molecular formula is C67H71N3O. The van der Waals surface area contributed by atoms with Crippen molar-refractivity contribution < 1.29 is 7.85 Å². The van der Waals surface area contributed by atoms with Gasteiger partial charge in [-0.25, -0.2) is 4.98 Å². The number of phenols is 1. The number of aromatic nitrogens is 3. The number of rotatable bonds is 9. The number of benzene rings is 7. The van der Waals surface area contributed by atoms with Crippen molar-refractivity contribution in [2.45, 2.75) is 125 Å². The molecular weight excluding hydrogens is 863 g/mol. The lowest BCUT2D eigenvalue weighted by molar-refractivity contribution is 0.466. The van der Waals surface area contributed by atoms with E-state index in [1.165, 1.54) is 11.1 Å². The smallest absolute Gasteiger partial charge is 0.149 e. The van der Waals surface area contributed by atoms with Crippen LogP contribution in [0.4, 0.5) is 0 Å². The molecule has 0 saturated carbocycles. The van der Waals surface area contributed by atoms with Gasteiger partial charge >= 0.3 is 0 Å². The summed E-state index contributed by atoms with van der Waals surface area (Å²) in [6.07, 6.45) is 1.91. The first-order valence-electron chi connectivity index (χ1n) is 26.1. The van der Waals surface area contributed by atoms with Crippen LogP contribution in [0, 0.1) is 6.92 Å². The Balaban J connectivity index is 1.36. The monoisotopic (exact) mass is 936 g/mol. The summed E-state index contributed by atoms with van der Waals surface area (Å²) >= 11 is 0. The standard InChI is InChI=1S/C67H71N3O/c1-41(2)48-37-55(42(3)4)63(71)58(38-48)64-69-62-54(49-34-50(36-53(35-49)67(12,13)14)59-39-47(31-32-68-59)44-23-27-51(28-24-44)65(6,7)8)21-18-22-60(62)70(64)61-40-56(45-19-16-15-17-20-45)43(5)33-57(61)46-25-29-52(30-26-46)66(9,10)11/h15-42,71H,1-14H3/i41D,42D. The molecule has 0 aliphatic carbocycles. The molecule has 9 aromatic rings. The van der Waals surface area contributed by atoms with Crippen molar-refractivity contribution >= 4 is 11.0 Å². The van der Waals surface area contributed by atoms with E-state index < -0.39 is 11.8 Å². The Bertz CT molecular complexity index is 3510. The van der Waals surface area contributed by atoms with Crippen LogP contribution in [-0.2, 0) is 16.2 Å². The second-order valence-electron chi connectivity index (χ2n) is 23.0. The summed E-state index contributed by atoms with van der Waals surface area (Å²) in [6, 6.07) is 54.0. The second kappa shape index (κ2) is 18.6. The predicted molar refractivity (Wildman–Crippen MR) is 302 cm³/mol. The Kier molecular flexibility index (Phi) is 12.1. The Morgan fingerprint density at radius 1 is 0.493 bits per heavy atom. The van der Waals surface area contributed by atoms with E-state index in [9.17, 15) is 7.85 Å². The van der Waals surface area contributed by atoms with Crippen molar-refractivity contribution in [1.29, 1.82) is 0 Å². The van der Waals surface area contributed by atoms with Gasteiger partial charge in [-0.15, -0.1) is 0 Å². The van der Waals surface area contributed by atoms with Gasteiger partial charge in [0.1, 0.15) is 11.6 Å². The number of imidazole rings is 1. The number of nitrogens with zero attached hydrogens (tertiary/aromatic N) is 3. The summed E-state index contributed by atoms with van der Waals surface area (Å²) < 4.78 is 20.8. The van der Waals surface area contributed by atoms with Crippen LogP contribution in [0.15, 0.2) is 158 Å². The Morgan fingerprint density at radius 2 is 1.10 bits per heavy atom. The molecule has 0 amide bonds. The van der Waals surface area contributed by atoms with Gasteiger partial charge in [0.2, 0.25) is 0 Å². The van der Waals surface area contributed by atoms with Gasteiger partial charge in [0.05, 0.1) is 28.0 Å². The Hall–Kier alpha value is -7.04. The maximum Gasteiger partial charge on any atom is 0.149 e. The lowest BCUT2D eigenvalue weighted by Gasteiger charge is -2.22. The van der Waals surface area contributed by atoms with E-state index in [0.717, 1.165) is 83.6 Å². The molecule has 71 heavy (non-hydrogen) atoms. The van der Waals surface area contributed by atoms with Gasteiger partial charge in [-0.3, -0.25) is 9.55 Å². The minimum absolute atomic E-state index is 0.0198. The van der Waals surface area contributed by atoms with Crippen LogP contribution in [-0.4, -0.2) is 19.6 Å². The largest absolute Gasteiger partial charge is 0.507 e. The lowest BCUT2D eigenvalue weighted by atomic mass is 9.83. The first-order chi connectivity index (χ1) is 34.2. The predicted octanol–water partition coefficient (Wildman–Crippen LogP) is 18.6. The summed E-state index contributed by atoms with van der Waals surface area (Å²) in [7, 11) is 0. The molecule has 0 aliphatic heterocycles. The van der Waals surface area contributed by atoms with Crippen molar-refractivity contribution in [3.63, 3.8) is 0 Å². The third-order valence-corrected chi connectivity index (χ3v) is 14.1. The molecule has 0 spiro atoms. The summed E-state index contributed by atoms with van der Waals surface area (Å²) in [5.74, 6) is -1.73. The van der Waals surface area contributed by atoms with E-state index in [4.69, 9.17) is 9.97 Å². The van der Waals surface area contributed by atoms with Crippen molar-refractivity contribution in [2.75, 3.05) is 0 Å². The molecule has 2 aromatic heterocycles. The van der Waals surface area contributed by atoms with Crippen LogP contribution in [0.1, 0.15) is 138 Å². The molecule has 0 bridgehead atoms. The fourth-order valence-corrected chi connectivity index (χ4v) is 9.72. The number of hydrogen-bond donors (Lipinski definition) is 1. The molecule has 0 unspecified atom stereocenters. The molecule has 360 valence electrons. The van der Waals surface area contributed by atoms with Crippen LogP contribution in [0.25, 0.3) is 83.9 Å². The zero-order valence-corrected chi connectivity index (χ0v) is 44.3. The highest BCUT2D eigenvalue weighted by Gasteiger charge is 2.27. The molecule has 0 fully saturated rings. The molecule has 0 aliphatic rings. The minimum atomic E-state index is -1.18. The maximum atomic E-state index is 12.6. The van der Waals surface area contributed by atoms with Gasteiger partial charge in [0.25, 0.3) is 0 Å². The Labute approximate surface area is 426 Å². The van der Waals surface area contributed by atoms with E-state index in [1.54, 1.807) is 13.8 Å². The van der Waals surface area contributed by atoms with E-state index in [1.807, 2.05) is 38.2 Å². The zero-order valence-electron chi connectivity index (χ0n) is 46.3. The quantitative estimate of drug-likeness (QED) is 0.157. The van der Waals surface area contributed by atoms with E-state index in [-0.39, 0.29) is 22.0 Å². The highest BCUT2D eigenvalue weighted by Crippen LogP contribution is 2.46. The second-order valence-corrected chi connectivity index (χ2v) is 23.0. The van der Waals surface area contributed by atoms with Gasteiger partial charge in [-0.1, -0.05) is 193 Å². The van der Waals surface area contributed by atoms with Gasteiger partial charge in [0.15, 0.2) is 0 Å². The molecule has 1 N–H and O–H groups in total. The summed E-state index contributed by atoms with van der Waals surface area (Å²) in [5, 5.41) is 12.6. The average molecular weight is 936 g/mol. The molecule has 0 radical (unpaired) electrons. The maximum absolute atomic E-state index is 12.6. The molecule has 4 heteroatoms. The first kappa shape index (κ1) is 46.3. The van der Waals surface area contributed by atoms with Crippen LogP contribution < -0.4 is 0 Å². The highest BCUT2D eigenvalue weighted by atomic mass is 16.3. The normalized spacial score (nSPS) is 13.1. The van der Waals surface area contributed by atoms with Crippen molar-refractivity contribution in [2.24, 2.45) is 0 Å². The average Bonchev–Trinajstić information content (AvgIpc) is 3.72. The van der Waals surface area contributed by atoms with Gasteiger partial charge in [-0.05, 0) is 150 Å². The van der Waals surface area contributed by atoms with Crippen molar-refractivity contribution in [3.05, 3.63) is 191 Å². The van der Waals surface area contributed by atoms with Crippen LogP contribution >= 0.6 is 0 Å². The third kappa shape index (κ3) is 9.74. The summed E-state index contributed by atoms with van der Waals surface area (Å²) in [6.45, 7) is 29.6. The van der Waals surface area contributed by atoms with Gasteiger partial charge in [0, 0.05) is 25.6 Å². The molecule has 4 nitrogen and oxygen atoms in total. The fourth-order valence-electron chi connectivity index (χ4n) is 9.72. The molecule has 0 saturated heterocycles. The SMILES string of the molecule is [2H]C(C)(C)c1cc(-c2nc3c(-c4cc(-c5cc(-c6ccc(C(C)(C)C)cc6)ccn5)cc(C(C)(C)C)c4)cccc3n2-c2cc(-c3ccccc3)c(C)cc2-c2ccc(C(C)(C)C)cc2)c(O)c(C([2H])(C)C)c1. The van der Waals surface area contributed by atoms with Crippen molar-refractivity contribution in [1.82, 2.24) is 14.5 Å². The third-order valence-electron chi connectivity index (χ3n) is 14.1. The van der Waals surface area contributed by atoms with E-state index in [2.05, 4.69) is 207 Å². The number of para-hydroxylation sites is 1. The summed E-state index contributed by atoms with van der Waals surface area (Å²) in [5.41, 5.74) is 19.0. The number of pyridine rings is 1. The molecule has 7 aromatic carbocycles. The van der Waals surface area contributed by atoms with Gasteiger partial charge < -0.3 is 5.11 Å². The number of aromatic hydroxyl groups is 1. The number of aryl methyl sites for hydroxylation is 1. The first-order valence-corrected chi connectivity index (χ1v) is 25.1.